The molecule has 0 amide bonds. The van der Waals surface area contributed by atoms with Gasteiger partial charge in [0.05, 0.1) is 5.56 Å². The summed E-state index contributed by atoms with van der Waals surface area (Å²) in [6.45, 7) is 4.63. The summed E-state index contributed by atoms with van der Waals surface area (Å²) in [5.41, 5.74) is 7.10. The standard InChI is InChI=1S/C14H18ClN3O2/c1-3-5-12(19-4-2)13-17-14(20-18-13)10-8-9(15)6-7-11(10)16/h6-8,12H,3-5,16H2,1-2H3. The normalized spacial score (nSPS) is 12.6. The molecule has 108 valence electrons. The third kappa shape index (κ3) is 3.29. The molecule has 0 aliphatic carbocycles. The van der Waals surface area contributed by atoms with Crippen LogP contribution in [0.25, 0.3) is 11.5 Å². The minimum Gasteiger partial charge on any atom is -0.398 e. The SMILES string of the molecule is CCCC(OCC)c1noc(-c2cc(Cl)ccc2N)n1. The van der Waals surface area contributed by atoms with Gasteiger partial charge in [-0.05, 0) is 31.5 Å². The highest BCUT2D eigenvalue weighted by Gasteiger charge is 2.19. The first-order valence-electron chi connectivity index (χ1n) is 6.66. The van der Waals surface area contributed by atoms with Crippen molar-refractivity contribution in [2.45, 2.75) is 32.8 Å². The fourth-order valence-electron chi connectivity index (χ4n) is 1.94. The molecule has 0 spiro atoms. The molecule has 0 fully saturated rings. The molecular weight excluding hydrogens is 278 g/mol. The van der Waals surface area contributed by atoms with Gasteiger partial charge in [0.1, 0.15) is 6.10 Å². The molecule has 0 saturated carbocycles. The van der Waals surface area contributed by atoms with Gasteiger partial charge in [-0.25, -0.2) is 0 Å². The van der Waals surface area contributed by atoms with Gasteiger partial charge in [0, 0.05) is 17.3 Å². The summed E-state index contributed by atoms with van der Waals surface area (Å²) in [4.78, 5) is 4.38. The number of nitrogens with zero attached hydrogens (tertiary/aromatic N) is 2. The quantitative estimate of drug-likeness (QED) is 0.819. The van der Waals surface area contributed by atoms with Crippen molar-refractivity contribution in [3.63, 3.8) is 0 Å². The zero-order chi connectivity index (χ0) is 14.5. The van der Waals surface area contributed by atoms with E-state index in [9.17, 15) is 0 Å². The van der Waals surface area contributed by atoms with E-state index >= 15 is 0 Å². The first-order valence-corrected chi connectivity index (χ1v) is 7.04. The van der Waals surface area contributed by atoms with Crippen LogP contribution in [-0.4, -0.2) is 16.7 Å². The minimum atomic E-state index is -0.150. The van der Waals surface area contributed by atoms with Crippen LogP contribution in [0.15, 0.2) is 22.7 Å². The minimum absolute atomic E-state index is 0.150. The molecule has 0 aliphatic rings. The molecule has 1 heterocycles. The smallest absolute Gasteiger partial charge is 0.260 e. The second-order valence-electron chi connectivity index (χ2n) is 4.42. The first kappa shape index (κ1) is 14.8. The second-order valence-corrected chi connectivity index (χ2v) is 4.86. The Morgan fingerprint density at radius 1 is 1.40 bits per heavy atom. The Labute approximate surface area is 123 Å². The van der Waals surface area contributed by atoms with Gasteiger partial charge in [0.25, 0.3) is 5.89 Å². The van der Waals surface area contributed by atoms with E-state index in [1.807, 2.05) is 6.92 Å². The van der Waals surface area contributed by atoms with Crippen molar-refractivity contribution in [1.82, 2.24) is 10.1 Å². The van der Waals surface area contributed by atoms with Gasteiger partial charge in [0.2, 0.25) is 5.82 Å². The van der Waals surface area contributed by atoms with Crippen LogP contribution in [0.3, 0.4) is 0 Å². The number of anilines is 1. The van der Waals surface area contributed by atoms with Crippen LogP contribution >= 0.6 is 11.6 Å². The fraction of sp³-hybridized carbons (Fsp3) is 0.429. The van der Waals surface area contributed by atoms with Gasteiger partial charge in [0.15, 0.2) is 0 Å². The fourth-order valence-corrected chi connectivity index (χ4v) is 2.11. The van der Waals surface area contributed by atoms with Crippen molar-refractivity contribution in [1.29, 1.82) is 0 Å². The maximum absolute atomic E-state index is 5.97. The number of hydrogen-bond acceptors (Lipinski definition) is 5. The lowest BCUT2D eigenvalue weighted by molar-refractivity contribution is 0.0478. The van der Waals surface area contributed by atoms with E-state index < -0.39 is 0 Å². The predicted molar refractivity (Wildman–Crippen MR) is 78.4 cm³/mol. The van der Waals surface area contributed by atoms with E-state index in [0.29, 0.717) is 34.6 Å². The predicted octanol–water partition coefficient (Wildman–Crippen LogP) is 3.85. The number of nitrogen functional groups attached to an aromatic ring is 1. The van der Waals surface area contributed by atoms with Crippen LogP contribution in [-0.2, 0) is 4.74 Å². The van der Waals surface area contributed by atoms with Gasteiger partial charge in [-0.15, -0.1) is 0 Å². The lowest BCUT2D eigenvalue weighted by Crippen LogP contribution is -2.06. The van der Waals surface area contributed by atoms with E-state index in [0.717, 1.165) is 12.8 Å². The van der Waals surface area contributed by atoms with Crippen LogP contribution in [0.1, 0.15) is 38.6 Å². The van der Waals surface area contributed by atoms with Gasteiger partial charge < -0.3 is 15.0 Å². The Bertz CT molecular complexity index is 565. The van der Waals surface area contributed by atoms with Crippen LogP contribution in [0, 0.1) is 0 Å². The molecule has 1 aromatic heterocycles. The molecule has 2 N–H and O–H groups in total. The summed E-state index contributed by atoms with van der Waals surface area (Å²) >= 11 is 5.97. The molecule has 6 heteroatoms. The Morgan fingerprint density at radius 2 is 2.20 bits per heavy atom. The summed E-state index contributed by atoms with van der Waals surface area (Å²) < 4.78 is 10.9. The number of hydrogen-bond donors (Lipinski definition) is 1. The monoisotopic (exact) mass is 295 g/mol. The molecular formula is C14H18ClN3O2. The summed E-state index contributed by atoms with van der Waals surface area (Å²) in [7, 11) is 0. The van der Waals surface area contributed by atoms with Crippen LogP contribution in [0.5, 0.6) is 0 Å². The van der Waals surface area contributed by atoms with E-state index in [2.05, 4.69) is 17.1 Å². The van der Waals surface area contributed by atoms with Gasteiger partial charge in [-0.3, -0.25) is 0 Å². The molecule has 0 radical (unpaired) electrons. The maximum Gasteiger partial charge on any atom is 0.260 e. The van der Waals surface area contributed by atoms with Crippen molar-refractivity contribution >= 4 is 17.3 Å². The molecule has 2 rings (SSSR count). The maximum atomic E-state index is 5.97. The topological polar surface area (TPSA) is 74.2 Å². The Balaban J connectivity index is 2.29. The number of halogens is 1. The van der Waals surface area contributed by atoms with E-state index in [1.165, 1.54) is 0 Å². The molecule has 1 unspecified atom stereocenters. The van der Waals surface area contributed by atoms with Gasteiger partial charge in [-0.2, -0.15) is 4.98 Å². The van der Waals surface area contributed by atoms with Crippen molar-refractivity contribution in [3.05, 3.63) is 29.0 Å². The van der Waals surface area contributed by atoms with E-state index in [4.69, 9.17) is 26.6 Å². The van der Waals surface area contributed by atoms with Crippen molar-refractivity contribution in [3.8, 4) is 11.5 Å². The number of ether oxygens (including phenoxy) is 1. The third-order valence-corrected chi connectivity index (χ3v) is 3.13. The Morgan fingerprint density at radius 3 is 2.90 bits per heavy atom. The zero-order valence-electron chi connectivity index (χ0n) is 11.6. The molecule has 0 aliphatic heterocycles. The molecule has 20 heavy (non-hydrogen) atoms. The molecule has 2 aromatic rings. The molecule has 0 saturated heterocycles. The largest absolute Gasteiger partial charge is 0.398 e. The van der Waals surface area contributed by atoms with E-state index in [1.54, 1.807) is 18.2 Å². The summed E-state index contributed by atoms with van der Waals surface area (Å²) in [6.07, 6.45) is 1.68. The number of nitrogens with two attached hydrogens (primary N) is 1. The van der Waals surface area contributed by atoms with Crippen LogP contribution in [0.4, 0.5) is 5.69 Å². The van der Waals surface area contributed by atoms with E-state index in [-0.39, 0.29) is 6.10 Å². The highest BCUT2D eigenvalue weighted by molar-refractivity contribution is 6.31. The highest BCUT2D eigenvalue weighted by Crippen LogP contribution is 2.29. The number of benzene rings is 1. The number of aromatic nitrogens is 2. The molecule has 1 aromatic carbocycles. The Hall–Kier alpha value is -1.59. The van der Waals surface area contributed by atoms with Gasteiger partial charge in [-0.1, -0.05) is 30.1 Å². The van der Waals surface area contributed by atoms with Crippen LogP contribution < -0.4 is 5.73 Å². The van der Waals surface area contributed by atoms with Crippen molar-refractivity contribution in [2.24, 2.45) is 0 Å². The third-order valence-electron chi connectivity index (χ3n) is 2.89. The summed E-state index contributed by atoms with van der Waals surface area (Å²) in [5.74, 6) is 0.906. The average molecular weight is 296 g/mol. The summed E-state index contributed by atoms with van der Waals surface area (Å²) in [5, 5.41) is 4.56. The average Bonchev–Trinajstić information content (AvgIpc) is 2.91. The molecule has 5 nitrogen and oxygen atoms in total. The molecule has 0 bridgehead atoms. The van der Waals surface area contributed by atoms with Crippen molar-refractivity contribution < 1.29 is 9.26 Å². The number of rotatable bonds is 6. The highest BCUT2D eigenvalue weighted by atomic mass is 35.5. The van der Waals surface area contributed by atoms with Crippen LogP contribution in [0.2, 0.25) is 5.02 Å². The Kier molecular flexibility index (Phi) is 4.98. The first-order chi connectivity index (χ1) is 9.65. The summed E-state index contributed by atoms with van der Waals surface area (Å²) in [6, 6.07) is 5.15. The lowest BCUT2D eigenvalue weighted by atomic mass is 10.1. The lowest BCUT2D eigenvalue weighted by Gasteiger charge is -2.11. The zero-order valence-corrected chi connectivity index (χ0v) is 12.4. The molecule has 1 atom stereocenters. The second kappa shape index (κ2) is 6.72. The van der Waals surface area contributed by atoms with Gasteiger partial charge >= 0.3 is 0 Å². The van der Waals surface area contributed by atoms with Crippen molar-refractivity contribution in [2.75, 3.05) is 12.3 Å².